The quantitative estimate of drug-likeness (QED) is 0.882. The van der Waals surface area contributed by atoms with Crippen LogP contribution in [0, 0.1) is 0 Å². The molecule has 0 aliphatic heterocycles. The van der Waals surface area contributed by atoms with Gasteiger partial charge in [-0.25, -0.2) is 4.98 Å². The SMILES string of the molecule is COc1ncccc1COc1cc(N)ccc1Br. The first-order chi connectivity index (χ1) is 8.70. The summed E-state index contributed by atoms with van der Waals surface area (Å²) in [7, 11) is 1.59. The van der Waals surface area contributed by atoms with Crippen molar-refractivity contribution in [2.45, 2.75) is 6.61 Å². The molecule has 4 nitrogen and oxygen atoms in total. The molecular formula is C13H13BrN2O2. The predicted octanol–water partition coefficient (Wildman–Crippen LogP) is 3.01. The van der Waals surface area contributed by atoms with Crippen LogP contribution in [-0.4, -0.2) is 12.1 Å². The van der Waals surface area contributed by atoms with Crippen molar-refractivity contribution in [1.82, 2.24) is 4.98 Å². The van der Waals surface area contributed by atoms with E-state index < -0.39 is 0 Å². The van der Waals surface area contributed by atoms with Crippen LogP contribution >= 0.6 is 15.9 Å². The highest BCUT2D eigenvalue weighted by atomic mass is 79.9. The molecule has 0 radical (unpaired) electrons. The summed E-state index contributed by atoms with van der Waals surface area (Å²) < 4.78 is 11.7. The van der Waals surface area contributed by atoms with Gasteiger partial charge in [0, 0.05) is 18.0 Å². The normalized spacial score (nSPS) is 10.1. The van der Waals surface area contributed by atoms with Crippen LogP contribution in [0.2, 0.25) is 0 Å². The molecule has 0 spiro atoms. The Bertz CT molecular complexity index is 546. The summed E-state index contributed by atoms with van der Waals surface area (Å²) in [6.07, 6.45) is 1.68. The molecule has 0 atom stereocenters. The largest absolute Gasteiger partial charge is 0.487 e. The number of nitrogens with two attached hydrogens (primary N) is 1. The van der Waals surface area contributed by atoms with Crippen molar-refractivity contribution in [3.8, 4) is 11.6 Å². The van der Waals surface area contributed by atoms with Crippen molar-refractivity contribution in [3.05, 3.63) is 46.6 Å². The Labute approximate surface area is 114 Å². The van der Waals surface area contributed by atoms with Crippen LogP contribution in [0.15, 0.2) is 41.0 Å². The molecule has 0 aliphatic carbocycles. The van der Waals surface area contributed by atoms with Gasteiger partial charge in [0.05, 0.1) is 17.1 Å². The van der Waals surface area contributed by atoms with E-state index in [1.54, 1.807) is 19.4 Å². The van der Waals surface area contributed by atoms with Crippen LogP contribution in [0.25, 0.3) is 0 Å². The van der Waals surface area contributed by atoms with E-state index in [-0.39, 0.29) is 0 Å². The fourth-order valence-corrected chi connectivity index (χ4v) is 1.86. The van der Waals surface area contributed by atoms with E-state index in [0.29, 0.717) is 23.9 Å². The molecular weight excluding hydrogens is 296 g/mol. The number of hydrogen-bond acceptors (Lipinski definition) is 4. The second kappa shape index (κ2) is 5.73. The average Bonchev–Trinajstić information content (AvgIpc) is 2.40. The summed E-state index contributed by atoms with van der Waals surface area (Å²) in [5.74, 6) is 1.26. The Kier molecular flexibility index (Phi) is 4.04. The number of aromatic nitrogens is 1. The average molecular weight is 309 g/mol. The molecule has 2 aromatic rings. The van der Waals surface area contributed by atoms with E-state index in [9.17, 15) is 0 Å². The van der Waals surface area contributed by atoms with Gasteiger partial charge in [-0.2, -0.15) is 0 Å². The van der Waals surface area contributed by atoms with Gasteiger partial charge in [0.1, 0.15) is 12.4 Å². The van der Waals surface area contributed by atoms with Crippen molar-refractivity contribution in [1.29, 1.82) is 0 Å². The lowest BCUT2D eigenvalue weighted by Gasteiger charge is -2.10. The van der Waals surface area contributed by atoms with Crippen molar-refractivity contribution in [3.63, 3.8) is 0 Å². The van der Waals surface area contributed by atoms with E-state index in [1.807, 2.05) is 24.3 Å². The molecule has 1 aromatic heterocycles. The van der Waals surface area contributed by atoms with Crippen molar-refractivity contribution >= 4 is 21.6 Å². The first kappa shape index (κ1) is 12.7. The Morgan fingerprint density at radius 2 is 2.17 bits per heavy atom. The molecule has 2 rings (SSSR count). The van der Waals surface area contributed by atoms with E-state index in [1.165, 1.54) is 0 Å². The van der Waals surface area contributed by atoms with Gasteiger partial charge in [-0.1, -0.05) is 0 Å². The van der Waals surface area contributed by atoms with E-state index >= 15 is 0 Å². The van der Waals surface area contributed by atoms with E-state index in [4.69, 9.17) is 15.2 Å². The fraction of sp³-hybridized carbons (Fsp3) is 0.154. The molecule has 0 bridgehead atoms. The molecule has 1 aromatic carbocycles. The first-order valence-electron chi connectivity index (χ1n) is 5.36. The number of benzene rings is 1. The van der Waals surface area contributed by atoms with Gasteiger partial charge >= 0.3 is 0 Å². The number of anilines is 1. The molecule has 0 saturated heterocycles. The number of pyridine rings is 1. The van der Waals surface area contributed by atoms with Crippen molar-refractivity contribution < 1.29 is 9.47 Å². The minimum atomic E-state index is 0.374. The molecule has 5 heteroatoms. The van der Waals surface area contributed by atoms with Crippen LogP contribution in [0.1, 0.15) is 5.56 Å². The van der Waals surface area contributed by atoms with Gasteiger partial charge in [0.2, 0.25) is 5.88 Å². The minimum absolute atomic E-state index is 0.374. The number of halogens is 1. The maximum Gasteiger partial charge on any atom is 0.219 e. The van der Waals surface area contributed by atoms with Crippen LogP contribution < -0.4 is 15.2 Å². The van der Waals surface area contributed by atoms with Gasteiger partial charge in [-0.3, -0.25) is 0 Å². The summed E-state index contributed by atoms with van der Waals surface area (Å²) in [5, 5.41) is 0. The molecule has 18 heavy (non-hydrogen) atoms. The molecule has 0 fully saturated rings. The summed E-state index contributed by atoms with van der Waals surface area (Å²) >= 11 is 3.41. The number of methoxy groups -OCH3 is 1. The number of ether oxygens (including phenoxy) is 2. The van der Waals surface area contributed by atoms with Crippen molar-refractivity contribution in [2.75, 3.05) is 12.8 Å². The number of hydrogen-bond donors (Lipinski definition) is 1. The summed E-state index contributed by atoms with van der Waals surface area (Å²) in [4.78, 5) is 4.11. The van der Waals surface area contributed by atoms with Crippen LogP contribution in [0.3, 0.4) is 0 Å². The van der Waals surface area contributed by atoms with E-state index in [2.05, 4.69) is 20.9 Å². The molecule has 1 heterocycles. The standard InChI is InChI=1S/C13H13BrN2O2/c1-17-13-9(3-2-6-16-13)8-18-12-7-10(15)4-5-11(12)14/h2-7H,8,15H2,1H3. The van der Waals surface area contributed by atoms with Gasteiger partial charge in [0.15, 0.2) is 0 Å². The van der Waals surface area contributed by atoms with Gasteiger partial charge in [-0.15, -0.1) is 0 Å². The lowest BCUT2D eigenvalue weighted by Crippen LogP contribution is -2.01. The number of nitrogen functional groups attached to an aromatic ring is 1. The topological polar surface area (TPSA) is 57.4 Å². The Morgan fingerprint density at radius 1 is 1.33 bits per heavy atom. The van der Waals surface area contributed by atoms with Gasteiger partial charge in [0.25, 0.3) is 0 Å². The highest BCUT2D eigenvalue weighted by molar-refractivity contribution is 9.10. The smallest absolute Gasteiger partial charge is 0.219 e. The molecule has 0 unspecified atom stereocenters. The van der Waals surface area contributed by atoms with Crippen molar-refractivity contribution in [2.24, 2.45) is 0 Å². The lowest BCUT2D eigenvalue weighted by molar-refractivity contribution is 0.292. The fourth-order valence-electron chi connectivity index (χ4n) is 1.50. The highest BCUT2D eigenvalue weighted by Gasteiger charge is 2.06. The Morgan fingerprint density at radius 3 is 2.94 bits per heavy atom. The molecule has 0 saturated carbocycles. The minimum Gasteiger partial charge on any atom is -0.487 e. The zero-order valence-electron chi connectivity index (χ0n) is 9.89. The zero-order chi connectivity index (χ0) is 13.0. The molecule has 0 amide bonds. The molecule has 0 aliphatic rings. The molecule has 94 valence electrons. The van der Waals surface area contributed by atoms with Crippen LogP contribution in [-0.2, 0) is 6.61 Å². The highest BCUT2D eigenvalue weighted by Crippen LogP contribution is 2.28. The number of rotatable bonds is 4. The third-order valence-electron chi connectivity index (χ3n) is 2.38. The third-order valence-corrected chi connectivity index (χ3v) is 3.04. The van der Waals surface area contributed by atoms with E-state index in [0.717, 1.165) is 10.0 Å². The second-order valence-corrected chi connectivity index (χ2v) is 4.50. The maximum absolute atomic E-state index is 5.71. The predicted molar refractivity (Wildman–Crippen MR) is 73.7 cm³/mol. The third kappa shape index (κ3) is 2.92. The van der Waals surface area contributed by atoms with Crippen LogP contribution in [0.5, 0.6) is 11.6 Å². The summed E-state index contributed by atoms with van der Waals surface area (Å²) in [6.45, 7) is 0.374. The monoisotopic (exact) mass is 308 g/mol. The number of nitrogens with zero attached hydrogens (tertiary/aromatic N) is 1. The molecule has 2 N–H and O–H groups in total. The maximum atomic E-state index is 5.71. The first-order valence-corrected chi connectivity index (χ1v) is 6.15. The summed E-state index contributed by atoms with van der Waals surface area (Å²) in [5.41, 5.74) is 7.26. The van der Waals surface area contributed by atoms with Crippen LogP contribution in [0.4, 0.5) is 5.69 Å². The summed E-state index contributed by atoms with van der Waals surface area (Å²) in [6, 6.07) is 9.18. The zero-order valence-corrected chi connectivity index (χ0v) is 11.5. The van der Waals surface area contributed by atoms with Gasteiger partial charge < -0.3 is 15.2 Å². The lowest BCUT2D eigenvalue weighted by atomic mass is 10.3. The van der Waals surface area contributed by atoms with Gasteiger partial charge in [-0.05, 0) is 40.2 Å². The second-order valence-electron chi connectivity index (χ2n) is 3.65. The Hall–Kier alpha value is -1.75. The Balaban J connectivity index is 2.14.